The molecule has 2 N–H and O–H groups in total. The Bertz CT molecular complexity index is 743. The molecule has 23 heavy (non-hydrogen) atoms. The molecule has 0 fully saturated rings. The summed E-state index contributed by atoms with van der Waals surface area (Å²) in [5.74, 6) is -2.81. The molecule has 0 saturated carbocycles. The van der Waals surface area contributed by atoms with Crippen molar-refractivity contribution in [1.82, 2.24) is 4.98 Å². The van der Waals surface area contributed by atoms with Gasteiger partial charge in [0.2, 0.25) is 5.91 Å². The van der Waals surface area contributed by atoms with Gasteiger partial charge in [0.1, 0.15) is 5.01 Å². The Hall–Kier alpha value is -2.42. The molecule has 1 atom stereocenters. The molecule has 1 amide bonds. The summed E-state index contributed by atoms with van der Waals surface area (Å²) in [5, 5.41) is 12.5. The summed E-state index contributed by atoms with van der Waals surface area (Å²) in [6.45, 7) is 1.44. The van der Waals surface area contributed by atoms with Crippen LogP contribution >= 0.6 is 11.3 Å². The van der Waals surface area contributed by atoms with E-state index in [4.69, 9.17) is 5.11 Å². The van der Waals surface area contributed by atoms with E-state index in [9.17, 15) is 22.8 Å². The lowest BCUT2D eigenvalue weighted by Crippen LogP contribution is -2.21. The van der Waals surface area contributed by atoms with E-state index in [0.717, 1.165) is 23.5 Å². The zero-order valence-corrected chi connectivity index (χ0v) is 12.5. The maximum atomic E-state index is 12.9. The molecule has 1 aromatic heterocycles. The quantitative estimate of drug-likeness (QED) is 0.888. The molecule has 5 nitrogen and oxygen atoms in total. The van der Waals surface area contributed by atoms with Crippen LogP contribution in [0.25, 0.3) is 0 Å². The minimum absolute atomic E-state index is 0.208. The van der Waals surface area contributed by atoms with Gasteiger partial charge in [-0.15, -0.1) is 11.3 Å². The van der Waals surface area contributed by atoms with Crippen molar-refractivity contribution in [2.24, 2.45) is 0 Å². The minimum atomic E-state index is -4.59. The van der Waals surface area contributed by atoms with Crippen LogP contribution in [0.15, 0.2) is 29.6 Å². The number of hydrogen-bond donors (Lipinski definition) is 2. The van der Waals surface area contributed by atoms with Crippen LogP contribution in [0.1, 0.15) is 33.9 Å². The lowest BCUT2D eigenvalue weighted by atomic mass is 10.1. The Kier molecular flexibility index (Phi) is 4.69. The first-order chi connectivity index (χ1) is 10.7. The zero-order valence-electron chi connectivity index (χ0n) is 11.7. The number of alkyl halides is 3. The monoisotopic (exact) mass is 344 g/mol. The lowest BCUT2D eigenvalue weighted by Gasteiger charge is -2.15. The van der Waals surface area contributed by atoms with Crippen molar-refractivity contribution in [2.45, 2.75) is 19.0 Å². The van der Waals surface area contributed by atoms with Gasteiger partial charge in [0, 0.05) is 5.38 Å². The van der Waals surface area contributed by atoms with Crippen LogP contribution in [0.2, 0.25) is 0 Å². The fourth-order valence-electron chi connectivity index (χ4n) is 1.78. The second kappa shape index (κ2) is 6.37. The molecule has 0 aliphatic rings. The first-order valence-corrected chi connectivity index (χ1v) is 7.24. The number of aromatic nitrogens is 1. The summed E-state index contributed by atoms with van der Waals surface area (Å²) < 4.78 is 38.7. The molecule has 1 heterocycles. The summed E-state index contributed by atoms with van der Waals surface area (Å²) in [4.78, 5) is 26.7. The number of thiazole rings is 1. The number of carboxylic acid groups (broad SMARTS) is 1. The summed E-state index contributed by atoms with van der Waals surface area (Å²) >= 11 is 0.960. The van der Waals surface area contributed by atoms with Gasteiger partial charge in [-0.05, 0) is 19.1 Å². The third kappa shape index (κ3) is 3.86. The molecule has 0 bridgehead atoms. The number of aromatic carboxylic acids is 1. The molecule has 9 heteroatoms. The number of anilines is 1. The van der Waals surface area contributed by atoms with Crippen LogP contribution < -0.4 is 5.32 Å². The van der Waals surface area contributed by atoms with Gasteiger partial charge in [-0.1, -0.05) is 12.1 Å². The smallest absolute Gasteiger partial charge is 0.418 e. The number of carboxylic acids is 1. The molecular formula is C14H11F3N2O3S. The minimum Gasteiger partial charge on any atom is -0.476 e. The van der Waals surface area contributed by atoms with Crippen molar-refractivity contribution >= 4 is 28.9 Å². The van der Waals surface area contributed by atoms with E-state index in [-0.39, 0.29) is 16.4 Å². The first kappa shape index (κ1) is 16.9. The number of rotatable bonds is 4. The Labute approximate surface area is 132 Å². The Morgan fingerprint density at radius 3 is 2.52 bits per heavy atom. The molecular weight excluding hydrogens is 333 g/mol. The van der Waals surface area contributed by atoms with E-state index in [2.05, 4.69) is 10.3 Å². The third-order valence-corrected chi connectivity index (χ3v) is 4.02. The van der Waals surface area contributed by atoms with E-state index in [0.29, 0.717) is 0 Å². The van der Waals surface area contributed by atoms with Gasteiger partial charge in [-0.3, -0.25) is 4.79 Å². The molecule has 0 aliphatic heterocycles. The highest BCUT2D eigenvalue weighted by atomic mass is 32.1. The van der Waals surface area contributed by atoms with Gasteiger partial charge in [0.05, 0.1) is 17.2 Å². The number of amides is 1. The lowest BCUT2D eigenvalue weighted by molar-refractivity contribution is -0.137. The largest absolute Gasteiger partial charge is 0.476 e. The second-order valence-corrected chi connectivity index (χ2v) is 5.52. The molecule has 1 aromatic carbocycles. The van der Waals surface area contributed by atoms with E-state index in [1.165, 1.54) is 24.4 Å². The highest BCUT2D eigenvalue weighted by Gasteiger charge is 2.34. The number of benzene rings is 1. The average Bonchev–Trinajstić information content (AvgIpc) is 2.95. The molecule has 0 unspecified atom stereocenters. The van der Waals surface area contributed by atoms with Crippen LogP contribution in [0.3, 0.4) is 0 Å². The number of para-hydroxylation sites is 1. The van der Waals surface area contributed by atoms with Crippen molar-refractivity contribution in [1.29, 1.82) is 0 Å². The Morgan fingerprint density at radius 1 is 1.30 bits per heavy atom. The second-order valence-electron chi connectivity index (χ2n) is 4.63. The SMILES string of the molecule is C[C@H](C(=O)Nc1ccccc1C(F)(F)F)c1nc(C(=O)O)cs1. The first-order valence-electron chi connectivity index (χ1n) is 6.36. The molecule has 0 radical (unpaired) electrons. The van der Waals surface area contributed by atoms with Gasteiger partial charge in [-0.25, -0.2) is 9.78 Å². The van der Waals surface area contributed by atoms with Crippen LogP contribution in [0.4, 0.5) is 18.9 Å². The fourth-order valence-corrected chi connectivity index (χ4v) is 2.63. The van der Waals surface area contributed by atoms with Gasteiger partial charge in [-0.2, -0.15) is 13.2 Å². The molecule has 2 aromatic rings. The number of carbonyl (C=O) groups excluding carboxylic acids is 1. The van der Waals surface area contributed by atoms with Crippen molar-refractivity contribution in [3.8, 4) is 0 Å². The number of nitrogens with zero attached hydrogens (tertiary/aromatic N) is 1. The van der Waals surface area contributed by atoms with E-state index in [1.54, 1.807) is 0 Å². The van der Waals surface area contributed by atoms with Crippen LogP contribution in [-0.2, 0) is 11.0 Å². The highest BCUT2D eigenvalue weighted by molar-refractivity contribution is 7.10. The summed E-state index contributed by atoms with van der Waals surface area (Å²) in [5.41, 5.74) is -1.52. The number of hydrogen-bond acceptors (Lipinski definition) is 4. The van der Waals surface area contributed by atoms with Crippen molar-refractivity contribution < 1.29 is 27.9 Å². The zero-order chi connectivity index (χ0) is 17.2. The van der Waals surface area contributed by atoms with Crippen LogP contribution in [-0.4, -0.2) is 22.0 Å². The molecule has 0 saturated heterocycles. The molecule has 122 valence electrons. The topological polar surface area (TPSA) is 79.3 Å². The van der Waals surface area contributed by atoms with E-state index in [1.807, 2.05) is 0 Å². The fraction of sp³-hybridized carbons (Fsp3) is 0.214. The average molecular weight is 344 g/mol. The Balaban J connectivity index is 2.20. The molecule has 0 spiro atoms. The predicted octanol–water partition coefficient (Wildman–Crippen LogP) is 3.60. The maximum Gasteiger partial charge on any atom is 0.418 e. The van der Waals surface area contributed by atoms with Crippen molar-refractivity contribution in [3.05, 3.63) is 45.9 Å². The van der Waals surface area contributed by atoms with Gasteiger partial charge in [0.25, 0.3) is 0 Å². The van der Waals surface area contributed by atoms with Crippen molar-refractivity contribution in [3.63, 3.8) is 0 Å². The standard InChI is InChI=1S/C14H11F3N2O3S/c1-7(12-19-10(6-23-12)13(21)22)11(20)18-9-5-3-2-4-8(9)14(15,16)17/h2-7H,1H3,(H,18,20)(H,21,22)/t7-/m1/s1. The van der Waals surface area contributed by atoms with Gasteiger partial charge in [0.15, 0.2) is 5.69 Å². The summed E-state index contributed by atoms with van der Waals surface area (Å²) in [6.07, 6.45) is -4.59. The summed E-state index contributed by atoms with van der Waals surface area (Å²) in [6, 6.07) is 4.62. The number of nitrogens with one attached hydrogen (secondary N) is 1. The van der Waals surface area contributed by atoms with E-state index >= 15 is 0 Å². The normalized spacial score (nSPS) is 12.7. The summed E-state index contributed by atoms with van der Waals surface area (Å²) in [7, 11) is 0. The van der Waals surface area contributed by atoms with Crippen LogP contribution in [0, 0.1) is 0 Å². The van der Waals surface area contributed by atoms with Crippen molar-refractivity contribution in [2.75, 3.05) is 5.32 Å². The third-order valence-electron chi connectivity index (χ3n) is 3.00. The van der Waals surface area contributed by atoms with Gasteiger partial charge < -0.3 is 10.4 Å². The maximum absolute atomic E-state index is 12.9. The predicted molar refractivity (Wildman–Crippen MR) is 77.6 cm³/mol. The van der Waals surface area contributed by atoms with E-state index < -0.39 is 29.5 Å². The number of halogens is 3. The van der Waals surface area contributed by atoms with Gasteiger partial charge >= 0.3 is 12.1 Å². The highest BCUT2D eigenvalue weighted by Crippen LogP contribution is 2.35. The van der Waals surface area contributed by atoms with Crippen LogP contribution in [0.5, 0.6) is 0 Å². The number of carbonyl (C=O) groups is 2. The Morgan fingerprint density at radius 2 is 1.96 bits per heavy atom. The molecule has 2 rings (SSSR count). The molecule has 0 aliphatic carbocycles.